The van der Waals surface area contributed by atoms with E-state index in [0.29, 0.717) is 19.6 Å². The zero-order valence-electron chi connectivity index (χ0n) is 10.5. The van der Waals surface area contributed by atoms with Gasteiger partial charge in [0, 0.05) is 7.11 Å². The van der Waals surface area contributed by atoms with Crippen molar-refractivity contribution < 1.29 is 19.1 Å². The second kappa shape index (κ2) is 10.0. The van der Waals surface area contributed by atoms with Crippen LogP contribution in [0.1, 0.15) is 26.2 Å². The van der Waals surface area contributed by atoms with Crippen molar-refractivity contribution in [2.45, 2.75) is 32.2 Å². The van der Waals surface area contributed by atoms with Crippen molar-refractivity contribution in [3.8, 4) is 0 Å². The lowest BCUT2D eigenvalue weighted by Gasteiger charge is -2.14. The Morgan fingerprint density at radius 3 is 2.59 bits per heavy atom. The van der Waals surface area contributed by atoms with E-state index in [0.717, 1.165) is 12.8 Å². The van der Waals surface area contributed by atoms with Crippen LogP contribution in [0.3, 0.4) is 0 Å². The predicted octanol–water partition coefficient (Wildman–Crippen LogP) is -0.190. The molecule has 6 nitrogen and oxygen atoms in total. The third-order valence-electron chi connectivity index (χ3n) is 2.19. The minimum Gasteiger partial charge on any atom is -0.382 e. The lowest BCUT2D eigenvalue weighted by Crippen LogP contribution is -2.45. The van der Waals surface area contributed by atoms with Gasteiger partial charge < -0.3 is 20.5 Å². The zero-order chi connectivity index (χ0) is 13.1. The van der Waals surface area contributed by atoms with Gasteiger partial charge >= 0.3 is 0 Å². The summed E-state index contributed by atoms with van der Waals surface area (Å²) in [5.41, 5.74) is 5.19. The van der Waals surface area contributed by atoms with Crippen molar-refractivity contribution in [1.82, 2.24) is 5.32 Å². The van der Waals surface area contributed by atoms with E-state index < -0.39 is 11.9 Å². The summed E-state index contributed by atoms with van der Waals surface area (Å²) in [6, 6.07) is -0.603. The van der Waals surface area contributed by atoms with E-state index in [1.165, 1.54) is 0 Å². The van der Waals surface area contributed by atoms with Gasteiger partial charge in [0.1, 0.15) is 12.6 Å². The van der Waals surface area contributed by atoms with Gasteiger partial charge in [0.15, 0.2) is 0 Å². The molecule has 100 valence electrons. The standard InChI is InChI=1S/C11H22N2O4/c1-3-4-5-9(11(12)15)13-10(14)8-17-7-6-16-2/h9H,3-8H2,1-2H3,(H2,12,15)(H,13,14)/t9-/m0/s1. The summed E-state index contributed by atoms with van der Waals surface area (Å²) < 4.78 is 9.80. The molecule has 2 amide bonds. The number of methoxy groups -OCH3 is 1. The van der Waals surface area contributed by atoms with E-state index >= 15 is 0 Å². The molecular formula is C11H22N2O4. The van der Waals surface area contributed by atoms with Gasteiger partial charge in [-0.15, -0.1) is 0 Å². The van der Waals surface area contributed by atoms with Crippen molar-refractivity contribution in [3.63, 3.8) is 0 Å². The van der Waals surface area contributed by atoms with E-state index in [9.17, 15) is 9.59 Å². The molecule has 0 aliphatic heterocycles. The van der Waals surface area contributed by atoms with E-state index in [1.54, 1.807) is 7.11 Å². The van der Waals surface area contributed by atoms with Gasteiger partial charge in [-0.3, -0.25) is 9.59 Å². The molecule has 0 fully saturated rings. The van der Waals surface area contributed by atoms with E-state index in [2.05, 4.69) is 5.32 Å². The smallest absolute Gasteiger partial charge is 0.246 e. The fourth-order valence-electron chi connectivity index (χ4n) is 1.24. The van der Waals surface area contributed by atoms with Gasteiger partial charge in [0.2, 0.25) is 11.8 Å². The molecule has 3 N–H and O–H groups in total. The second-order valence-electron chi connectivity index (χ2n) is 3.71. The van der Waals surface area contributed by atoms with E-state index in [1.807, 2.05) is 6.92 Å². The fraction of sp³-hybridized carbons (Fsp3) is 0.818. The van der Waals surface area contributed by atoms with Gasteiger partial charge in [0.25, 0.3) is 0 Å². The molecule has 0 radical (unpaired) electrons. The van der Waals surface area contributed by atoms with Crippen LogP contribution in [0.4, 0.5) is 0 Å². The minimum atomic E-state index is -0.603. The predicted molar refractivity (Wildman–Crippen MR) is 63.3 cm³/mol. The Labute approximate surface area is 102 Å². The number of nitrogens with two attached hydrogens (primary N) is 1. The van der Waals surface area contributed by atoms with Crippen molar-refractivity contribution in [1.29, 1.82) is 0 Å². The number of nitrogens with one attached hydrogen (secondary N) is 1. The Hall–Kier alpha value is -1.14. The number of rotatable bonds is 10. The van der Waals surface area contributed by atoms with Crippen molar-refractivity contribution in [3.05, 3.63) is 0 Å². The number of hydrogen-bond donors (Lipinski definition) is 2. The Balaban J connectivity index is 3.83. The molecule has 0 aromatic carbocycles. The zero-order valence-corrected chi connectivity index (χ0v) is 10.5. The third-order valence-corrected chi connectivity index (χ3v) is 2.19. The highest BCUT2D eigenvalue weighted by Gasteiger charge is 2.16. The normalized spacial score (nSPS) is 12.1. The van der Waals surface area contributed by atoms with Crippen LogP contribution in [0.25, 0.3) is 0 Å². The summed E-state index contributed by atoms with van der Waals surface area (Å²) in [4.78, 5) is 22.5. The number of amides is 2. The first-order valence-corrected chi connectivity index (χ1v) is 5.77. The molecule has 1 atom stereocenters. The molecule has 0 rings (SSSR count). The lowest BCUT2D eigenvalue weighted by atomic mass is 10.1. The fourth-order valence-corrected chi connectivity index (χ4v) is 1.24. The van der Waals surface area contributed by atoms with Crippen LogP contribution >= 0.6 is 0 Å². The highest BCUT2D eigenvalue weighted by molar-refractivity contribution is 5.86. The largest absolute Gasteiger partial charge is 0.382 e. The van der Waals surface area contributed by atoms with Crippen LogP contribution in [0.2, 0.25) is 0 Å². The van der Waals surface area contributed by atoms with Gasteiger partial charge in [0.05, 0.1) is 13.2 Å². The van der Waals surface area contributed by atoms with Crippen LogP contribution in [0.5, 0.6) is 0 Å². The number of carbonyl (C=O) groups is 2. The summed E-state index contributed by atoms with van der Waals surface area (Å²) in [7, 11) is 1.55. The molecule has 0 unspecified atom stereocenters. The summed E-state index contributed by atoms with van der Waals surface area (Å²) in [6.07, 6.45) is 2.36. The molecule has 0 saturated heterocycles. The highest BCUT2D eigenvalue weighted by Crippen LogP contribution is 1.99. The summed E-state index contributed by atoms with van der Waals surface area (Å²) in [5, 5.41) is 2.55. The van der Waals surface area contributed by atoms with Gasteiger partial charge in [-0.05, 0) is 6.42 Å². The monoisotopic (exact) mass is 246 g/mol. The molecule has 0 spiro atoms. The minimum absolute atomic E-state index is 0.0841. The number of primary amides is 1. The van der Waals surface area contributed by atoms with Crippen LogP contribution < -0.4 is 11.1 Å². The molecule has 6 heteroatoms. The van der Waals surface area contributed by atoms with Crippen molar-refractivity contribution in [2.24, 2.45) is 5.73 Å². The Bertz CT molecular complexity index is 234. The number of ether oxygens (including phenoxy) is 2. The van der Waals surface area contributed by atoms with Crippen molar-refractivity contribution in [2.75, 3.05) is 26.9 Å². The maximum absolute atomic E-state index is 11.4. The molecule has 17 heavy (non-hydrogen) atoms. The maximum atomic E-state index is 11.4. The molecule has 0 heterocycles. The number of unbranched alkanes of at least 4 members (excludes halogenated alkanes) is 1. The van der Waals surface area contributed by atoms with Gasteiger partial charge in [-0.1, -0.05) is 19.8 Å². The Kier molecular flexibility index (Phi) is 9.37. The van der Waals surface area contributed by atoms with Crippen LogP contribution in [-0.4, -0.2) is 44.8 Å². The van der Waals surface area contributed by atoms with Crippen molar-refractivity contribution >= 4 is 11.8 Å². The second-order valence-corrected chi connectivity index (χ2v) is 3.71. The summed E-state index contributed by atoms with van der Waals surface area (Å²) >= 11 is 0. The Morgan fingerprint density at radius 2 is 2.06 bits per heavy atom. The molecule has 0 aromatic rings. The first-order chi connectivity index (χ1) is 8.11. The molecule has 0 aromatic heterocycles. The summed E-state index contributed by atoms with van der Waals surface area (Å²) in [6.45, 7) is 2.70. The quantitative estimate of drug-likeness (QED) is 0.523. The maximum Gasteiger partial charge on any atom is 0.246 e. The first kappa shape index (κ1) is 15.9. The van der Waals surface area contributed by atoms with E-state index in [4.69, 9.17) is 15.2 Å². The molecule has 0 bridgehead atoms. The number of hydrogen-bond acceptors (Lipinski definition) is 4. The van der Waals surface area contributed by atoms with Crippen LogP contribution in [-0.2, 0) is 19.1 Å². The third kappa shape index (κ3) is 8.65. The SMILES string of the molecule is CCCC[C@H](NC(=O)COCCOC)C(N)=O. The molecular weight excluding hydrogens is 224 g/mol. The summed E-state index contributed by atoms with van der Waals surface area (Å²) in [5.74, 6) is -0.843. The van der Waals surface area contributed by atoms with Gasteiger partial charge in [-0.2, -0.15) is 0 Å². The average molecular weight is 246 g/mol. The molecule has 0 aliphatic carbocycles. The van der Waals surface area contributed by atoms with Crippen LogP contribution in [0, 0.1) is 0 Å². The van der Waals surface area contributed by atoms with Gasteiger partial charge in [-0.25, -0.2) is 0 Å². The topological polar surface area (TPSA) is 90.7 Å². The lowest BCUT2D eigenvalue weighted by molar-refractivity contribution is -0.130. The molecule has 0 saturated carbocycles. The molecule has 0 aliphatic rings. The average Bonchev–Trinajstić information content (AvgIpc) is 2.29. The Morgan fingerprint density at radius 1 is 1.35 bits per heavy atom. The first-order valence-electron chi connectivity index (χ1n) is 5.77. The van der Waals surface area contributed by atoms with Crippen LogP contribution in [0.15, 0.2) is 0 Å². The number of carbonyl (C=O) groups excluding carboxylic acids is 2. The highest BCUT2D eigenvalue weighted by atomic mass is 16.5. The van der Waals surface area contributed by atoms with E-state index in [-0.39, 0.29) is 12.5 Å².